The maximum Gasteiger partial charge on any atom is 3.00 e. The molecule has 624 valence electrons. The quantitative estimate of drug-likeness (QED) is 0.148. The van der Waals surface area contributed by atoms with Crippen LogP contribution in [0.25, 0.3) is 270 Å². The number of hydrogen-bond donors (Lipinski definition) is 0. The molecule has 0 amide bonds. The minimum atomic E-state index is 0. The third kappa shape index (κ3) is 15.1. The van der Waals surface area contributed by atoms with Gasteiger partial charge in [-0.1, -0.05) is 321 Å². The molecule has 0 saturated carbocycles. The molecule has 133 heavy (non-hydrogen) atoms. The van der Waals surface area contributed by atoms with Crippen molar-refractivity contribution in [3.63, 3.8) is 0 Å². The maximum absolute atomic E-state index is 5.36. The van der Waals surface area contributed by atoms with Gasteiger partial charge >= 0.3 is 98.8 Å². The predicted octanol–water partition coefficient (Wildman–Crippen LogP) is 24.1. The van der Waals surface area contributed by atoms with Crippen LogP contribution in [0.1, 0.15) is 33.9 Å². The molecule has 0 aliphatic carbocycles. The van der Waals surface area contributed by atoms with E-state index in [9.17, 15) is 0 Å². The standard InChI is InChI=1S/C46H31IN4.2C32H16N8.2Eu/c1-28-8-12-31(13-9-28)44-37-22-20-35(48-37)43(30-6-4-3-5-7-30)36-21-23-38(49-36)45(32-14-10-29(2)11-15-32)40-25-27-42(51-40)46(41-26-24-39(44)50-41)33-16-18-34(47)19-17-33;2*1-2-10-18-17(9-1)25-33-26(18)38-28-21-13-5-6-14-22(21)30(35-28)40-32-24-16-8-7-15-23(24)31(36-32)39-29-20-12-4-3-11-19(20)27(34-29)37-25;;/h3-27H,1-2H3;2*1-16H;;/q3*-2;2*+3. The Morgan fingerprint density at radius 1 is 0.180 bits per heavy atom. The van der Waals surface area contributed by atoms with Crippen molar-refractivity contribution in [2.75, 3.05) is 0 Å². The molecule has 0 atom stereocenters. The zero-order valence-electron chi connectivity index (χ0n) is 70.5. The summed E-state index contributed by atoms with van der Waals surface area (Å²) < 4.78 is 1.17. The van der Waals surface area contributed by atoms with Crippen LogP contribution in [0.5, 0.6) is 0 Å². The zero-order valence-corrected chi connectivity index (χ0v) is 77.5. The molecule has 27 rings (SSSR count). The first-order valence-corrected chi connectivity index (χ1v) is 43.8. The van der Waals surface area contributed by atoms with Crippen LogP contribution in [0.15, 0.2) is 322 Å². The van der Waals surface area contributed by atoms with Crippen LogP contribution in [0.2, 0.25) is 0 Å². The Morgan fingerprint density at radius 3 is 0.586 bits per heavy atom. The molecule has 0 unspecified atom stereocenters. The van der Waals surface area contributed by atoms with Crippen LogP contribution in [0.3, 0.4) is 0 Å². The molecular formula is C110H63Eu2IN20. The summed E-state index contributed by atoms with van der Waals surface area (Å²) in [5.41, 5.74) is 29.0. The summed E-state index contributed by atoms with van der Waals surface area (Å²) >= 11 is 2.35. The average Bonchev–Trinajstić information content (AvgIpc) is 1.61. The van der Waals surface area contributed by atoms with Crippen molar-refractivity contribution in [3.05, 3.63) is 359 Å². The molecule has 0 spiro atoms. The van der Waals surface area contributed by atoms with Crippen molar-refractivity contribution in [1.29, 1.82) is 0 Å². The number of hydrogen-bond acceptors (Lipinski definition) is 14. The van der Waals surface area contributed by atoms with E-state index in [0.29, 0.717) is 91.8 Å². The molecule has 12 aromatic carbocycles. The molecule has 24 bridgehead atoms. The van der Waals surface area contributed by atoms with Crippen LogP contribution < -0.4 is 29.9 Å². The molecule has 6 aliphatic rings. The van der Waals surface area contributed by atoms with E-state index in [4.69, 9.17) is 99.7 Å². The minimum Gasteiger partial charge on any atom is -0.657 e. The van der Waals surface area contributed by atoms with Crippen LogP contribution in [0, 0.1) is 116 Å². The second kappa shape index (κ2) is 34.5. The summed E-state index contributed by atoms with van der Waals surface area (Å²) in [7, 11) is 0. The molecule has 23 heteroatoms. The van der Waals surface area contributed by atoms with Gasteiger partial charge in [0.25, 0.3) is 0 Å². The van der Waals surface area contributed by atoms with Gasteiger partial charge in [0.1, 0.15) is 0 Å². The van der Waals surface area contributed by atoms with E-state index in [1.165, 1.54) is 14.7 Å². The number of aryl methyl sites for hydroxylation is 2. The van der Waals surface area contributed by atoms with Gasteiger partial charge in [0.15, 0.2) is 0 Å². The fraction of sp³-hybridized carbons (Fsp3) is 0.0182. The number of nitrogens with zero attached hydrogens (tertiary/aromatic N) is 20. The molecule has 0 radical (unpaired) electrons. The number of benzene rings is 12. The summed E-state index contributed by atoms with van der Waals surface area (Å²) in [6, 6.07) is 108. The van der Waals surface area contributed by atoms with Gasteiger partial charge in [0.2, 0.25) is 0 Å². The van der Waals surface area contributed by atoms with Gasteiger partial charge in [-0.3, -0.25) is 0 Å². The summed E-state index contributed by atoms with van der Waals surface area (Å²) in [6.07, 6.45) is 8.45. The van der Waals surface area contributed by atoms with E-state index in [1.807, 2.05) is 200 Å². The van der Waals surface area contributed by atoms with Gasteiger partial charge in [0.05, 0.1) is 69.4 Å². The first kappa shape index (κ1) is 83.2. The van der Waals surface area contributed by atoms with Crippen molar-refractivity contribution in [3.8, 4) is 136 Å². The topological polar surface area (TPSA) is 265 Å². The predicted molar refractivity (Wildman–Crippen MR) is 529 cm³/mol. The van der Waals surface area contributed by atoms with E-state index in [-0.39, 0.29) is 98.8 Å². The molecule has 0 saturated heterocycles. The molecule has 20 nitrogen and oxygen atoms in total. The molecule has 0 fully saturated rings. The third-order valence-electron chi connectivity index (χ3n) is 24.1. The van der Waals surface area contributed by atoms with Gasteiger partial charge in [-0.15, -0.1) is 22.1 Å². The Hall–Kier alpha value is -14.1. The second-order valence-electron chi connectivity index (χ2n) is 32.3. The third-order valence-corrected chi connectivity index (χ3v) is 24.9. The van der Waals surface area contributed by atoms with Crippen LogP contribution in [-0.4, -0.2) is 69.8 Å². The van der Waals surface area contributed by atoms with Gasteiger partial charge in [0, 0.05) is 93.3 Å². The second-order valence-corrected chi connectivity index (χ2v) is 33.5. The molecule has 0 N–H and O–H groups in total. The van der Waals surface area contributed by atoms with E-state index >= 15 is 0 Å². The summed E-state index contributed by atoms with van der Waals surface area (Å²) in [6.45, 7) is 4.22. The Morgan fingerprint density at radius 2 is 0.368 bits per heavy atom. The first-order chi connectivity index (χ1) is 64.6. The number of halogens is 1. The van der Waals surface area contributed by atoms with Gasteiger partial charge in [-0.05, 0) is 160 Å². The normalized spacial score (nSPS) is 11.8. The molecular weight excluding hydrogens is 2030 g/mol. The average molecular weight is 2100 g/mol. The summed E-state index contributed by atoms with van der Waals surface area (Å²) in [4.78, 5) is 100.0. The molecule has 9 aromatic heterocycles. The Kier molecular flexibility index (Phi) is 21.6. The van der Waals surface area contributed by atoms with Crippen molar-refractivity contribution >= 4 is 157 Å². The van der Waals surface area contributed by atoms with Crippen molar-refractivity contribution < 1.29 is 98.8 Å². The maximum atomic E-state index is 5.36. The van der Waals surface area contributed by atoms with Gasteiger partial charge in [-0.2, -0.15) is 0 Å². The fourth-order valence-electron chi connectivity index (χ4n) is 17.8. The Bertz CT molecular complexity index is 8030. The van der Waals surface area contributed by atoms with Crippen molar-refractivity contribution in [2.45, 2.75) is 13.8 Å². The monoisotopic (exact) mass is 2100 g/mol. The van der Waals surface area contributed by atoms with Crippen molar-refractivity contribution in [2.24, 2.45) is 0 Å². The van der Waals surface area contributed by atoms with Crippen molar-refractivity contribution in [1.82, 2.24) is 99.7 Å². The van der Waals surface area contributed by atoms with Gasteiger partial charge < -0.3 is 69.8 Å². The molecule has 15 heterocycles. The number of rotatable bonds is 4. The van der Waals surface area contributed by atoms with E-state index in [0.717, 1.165) is 177 Å². The Balaban J connectivity index is 0.000000113. The SMILES string of the molecule is Cc1ccc(-c2c3nc(c(-c4ccc(I)cc4)c4ccc([n-]4)c(-c4ccc(C)cc4)c4nc(c(-c5ccccc5)c5ccc2[n-]5)C=C4)C=C3)cc1.[Eu+3].[Eu+3].c1ccc2c(c1)-c1nc-2nc2[n-]c(nc3nc(nc4[n-]c(n1)c1ccccc41)-c1ccccc1-3)c1ccccc21.c1ccc2c(c1)-c1nc-2nc2[n-]c(nc3nc(nc4[n-]c(n1)c1ccccc41)-c1ccccc1-3)c1ccccc21. The smallest absolute Gasteiger partial charge is 0.657 e. The Labute approximate surface area is 854 Å². The van der Waals surface area contributed by atoms with Crippen LogP contribution >= 0.6 is 22.6 Å². The summed E-state index contributed by atoms with van der Waals surface area (Å²) in [5.74, 6) is 4.42. The first-order valence-electron chi connectivity index (χ1n) is 42.8. The zero-order chi connectivity index (χ0) is 86.9. The van der Waals surface area contributed by atoms with Crippen LogP contribution in [0.4, 0.5) is 0 Å². The molecule has 21 aromatic rings. The largest absolute Gasteiger partial charge is 3.00 e. The van der Waals surface area contributed by atoms with E-state index < -0.39 is 0 Å². The minimum absolute atomic E-state index is 0. The number of aromatic nitrogens is 20. The molecule has 6 aliphatic heterocycles. The van der Waals surface area contributed by atoms with E-state index in [2.05, 4.69) is 182 Å². The number of fused-ring (bicyclic) bond motifs is 48. The van der Waals surface area contributed by atoms with E-state index in [1.54, 1.807) is 0 Å². The van der Waals surface area contributed by atoms with Gasteiger partial charge in [-0.25, -0.2) is 29.9 Å². The van der Waals surface area contributed by atoms with Crippen LogP contribution in [-0.2, 0) is 0 Å². The summed E-state index contributed by atoms with van der Waals surface area (Å²) in [5, 5.41) is 7.15. The fourth-order valence-corrected chi connectivity index (χ4v) is 18.2.